The molecule has 0 unspecified atom stereocenters. The maximum Gasteiger partial charge on any atom is 0.340 e. The Morgan fingerprint density at radius 3 is 2.11 bits per heavy atom. The van der Waals surface area contributed by atoms with Gasteiger partial charge in [-0.05, 0) is 30.3 Å². The highest BCUT2D eigenvalue weighted by Gasteiger charge is 2.43. The van der Waals surface area contributed by atoms with Gasteiger partial charge in [0.1, 0.15) is 28.6 Å². The number of aromatic nitrogens is 1. The van der Waals surface area contributed by atoms with Crippen LogP contribution in [0.25, 0.3) is 10.9 Å². The second kappa shape index (κ2) is 9.10. The van der Waals surface area contributed by atoms with Crippen molar-refractivity contribution in [2.75, 3.05) is 33.3 Å². The summed E-state index contributed by atoms with van der Waals surface area (Å²) in [6.45, 7) is 0. The summed E-state index contributed by atoms with van der Waals surface area (Å²) in [7, 11) is 5.87. The number of esters is 1. The molecule has 3 aromatic carbocycles. The van der Waals surface area contributed by atoms with Crippen molar-refractivity contribution in [3.8, 4) is 17.2 Å². The molecule has 182 valence electrons. The first kappa shape index (κ1) is 23.0. The Hall–Kier alpha value is -4.79. The van der Waals surface area contributed by atoms with Gasteiger partial charge in [0.05, 0.1) is 45.2 Å². The Morgan fingerprint density at radius 1 is 0.778 bits per heavy atom. The molecule has 0 atom stereocenters. The molecule has 0 aliphatic carbocycles. The fraction of sp³-hybridized carbons (Fsp3) is 0.148. The smallest absolute Gasteiger partial charge is 0.340 e. The standard InChI is InChI=1S/C27H23N3O6/c1-33-19-13-7-5-11-17(19)28-27-29(18-12-6-8-14-20(18)34-2)25(31)24-22(26(32)36-4)16-10-9-15-21(35-3)23(16)30(24)27/h5-15H,1-4H3. The number of carbonyl (C=O) groups is 2. The van der Waals surface area contributed by atoms with Crippen LogP contribution in [0, 0.1) is 0 Å². The summed E-state index contributed by atoms with van der Waals surface area (Å²) in [6, 6.07) is 19.5. The van der Waals surface area contributed by atoms with Gasteiger partial charge in [-0.25, -0.2) is 14.7 Å². The molecule has 0 spiro atoms. The van der Waals surface area contributed by atoms with Crippen molar-refractivity contribution in [3.63, 3.8) is 0 Å². The lowest BCUT2D eigenvalue weighted by Crippen LogP contribution is -2.33. The first-order chi connectivity index (χ1) is 17.5. The van der Waals surface area contributed by atoms with E-state index in [1.54, 1.807) is 66.3 Å². The number of hydrogen-bond donors (Lipinski definition) is 0. The zero-order valence-electron chi connectivity index (χ0n) is 20.1. The molecule has 9 heteroatoms. The predicted molar refractivity (Wildman–Crippen MR) is 135 cm³/mol. The summed E-state index contributed by atoms with van der Waals surface area (Å²) in [5.41, 5.74) is 1.70. The van der Waals surface area contributed by atoms with Crippen molar-refractivity contribution in [1.82, 2.24) is 4.57 Å². The summed E-state index contributed by atoms with van der Waals surface area (Å²) in [6.07, 6.45) is 0. The number of fused-ring (bicyclic) bond motifs is 3. The predicted octanol–water partition coefficient (Wildman–Crippen LogP) is 4.65. The van der Waals surface area contributed by atoms with E-state index in [4.69, 9.17) is 23.9 Å². The van der Waals surface area contributed by atoms with Crippen LogP contribution in [0.3, 0.4) is 0 Å². The van der Waals surface area contributed by atoms with E-state index in [1.807, 2.05) is 12.1 Å². The molecule has 0 radical (unpaired) electrons. The number of carbonyl (C=O) groups excluding carboxylic acids is 2. The quantitative estimate of drug-likeness (QED) is 0.369. The van der Waals surface area contributed by atoms with Crippen molar-refractivity contribution in [1.29, 1.82) is 0 Å². The van der Waals surface area contributed by atoms with Gasteiger partial charge < -0.3 is 18.9 Å². The van der Waals surface area contributed by atoms with Gasteiger partial charge in [-0.3, -0.25) is 9.36 Å². The van der Waals surface area contributed by atoms with Gasteiger partial charge >= 0.3 is 5.97 Å². The highest BCUT2D eigenvalue weighted by atomic mass is 16.5. The number of nitrogens with zero attached hydrogens (tertiary/aromatic N) is 3. The molecule has 1 aromatic heterocycles. The highest BCUT2D eigenvalue weighted by Crippen LogP contribution is 2.42. The second-order valence-electron chi connectivity index (χ2n) is 7.80. The second-order valence-corrected chi connectivity index (χ2v) is 7.80. The minimum atomic E-state index is -0.645. The van der Waals surface area contributed by atoms with Crippen LogP contribution in [0.15, 0.2) is 71.7 Å². The van der Waals surface area contributed by atoms with Gasteiger partial charge in [0.15, 0.2) is 0 Å². The largest absolute Gasteiger partial charge is 0.495 e. The lowest BCUT2D eigenvalue weighted by atomic mass is 10.1. The van der Waals surface area contributed by atoms with Crippen LogP contribution in [-0.2, 0) is 4.74 Å². The van der Waals surface area contributed by atoms with Gasteiger partial charge in [0.2, 0.25) is 5.96 Å². The molecule has 0 fully saturated rings. The van der Waals surface area contributed by atoms with Crippen molar-refractivity contribution in [2.24, 2.45) is 4.99 Å². The monoisotopic (exact) mass is 485 g/mol. The molecular weight excluding hydrogens is 462 g/mol. The topological polar surface area (TPSA) is 91.6 Å². The molecule has 36 heavy (non-hydrogen) atoms. The molecule has 0 saturated heterocycles. The number of benzene rings is 3. The Bertz CT molecular complexity index is 1540. The first-order valence-electron chi connectivity index (χ1n) is 11.0. The van der Waals surface area contributed by atoms with Crippen LogP contribution in [0.1, 0.15) is 20.8 Å². The van der Waals surface area contributed by atoms with Crippen LogP contribution in [-0.4, -0.2) is 50.8 Å². The molecule has 0 saturated carbocycles. The summed E-state index contributed by atoms with van der Waals surface area (Å²) in [5, 5.41) is 0.511. The third-order valence-electron chi connectivity index (χ3n) is 6.00. The van der Waals surface area contributed by atoms with Gasteiger partial charge in [0, 0.05) is 5.39 Å². The van der Waals surface area contributed by atoms with Crippen molar-refractivity contribution >= 4 is 40.1 Å². The maximum absolute atomic E-state index is 14.1. The summed E-state index contributed by atoms with van der Waals surface area (Å²) < 4.78 is 23.4. The average molecular weight is 485 g/mol. The Morgan fingerprint density at radius 2 is 1.42 bits per heavy atom. The summed E-state index contributed by atoms with van der Waals surface area (Å²) in [4.78, 5) is 33.4. The van der Waals surface area contributed by atoms with Gasteiger partial charge in [0.25, 0.3) is 5.91 Å². The normalized spacial score (nSPS) is 13.7. The summed E-state index contributed by atoms with van der Waals surface area (Å²) >= 11 is 0. The van der Waals surface area contributed by atoms with E-state index in [2.05, 4.69) is 0 Å². The van der Waals surface area contributed by atoms with Gasteiger partial charge in [-0.2, -0.15) is 0 Å². The van der Waals surface area contributed by atoms with E-state index in [0.29, 0.717) is 39.5 Å². The molecule has 1 aliphatic heterocycles. The lowest BCUT2D eigenvalue weighted by molar-refractivity contribution is 0.0599. The highest BCUT2D eigenvalue weighted by molar-refractivity contribution is 6.35. The lowest BCUT2D eigenvalue weighted by Gasteiger charge is -2.21. The number of hydrogen-bond acceptors (Lipinski definition) is 7. The third-order valence-corrected chi connectivity index (χ3v) is 6.00. The molecule has 1 aliphatic rings. The number of para-hydroxylation sites is 5. The Labute approximate surface area is 207 Å². The Kier molecular flexibility index (Phi) is 5.81. The fourth-order valence-electron chi connectivity index (χ4n) is 4.44. The zero-order valence-corrected chi connectivity index (χ0v) is 20.1. The minimum Gasteiger partial charge on any atom is -0.495 e. The molecule has 4 aromatic rings. The number of amides is 1. The van der Waals surface area contributed by atoms with Crippen LogP contribution in [0.2, 0.25) is 0 Å². The molecule has 5 rings (SSSR count). The van der Waals surface area contributed by atoms with E-state index >= 15 is 0 Å². The van der Waals surface area contributed by atoms with Crippen LogP contribution >= 0.6 is 0 Å². The number of rotatable bonds is 6. The number of aliphatic imine (C=N–C) groups is 1. The maximum atomic E-state index is 14.1. The van der Waals surface area contributed by atoms with E-state index < -0.39 is 11.9 Å². The molecule has 0 bridgehead atoms. The SMILES string of the molecule is COC(=O)c1c2n(c3c(OC)cccc13)C(=Nc1ccccc1OC)N(c1ccccc1OC)C2=O. The minimum absolute atomic E-state index is 0.112. The van der Waals surface area contributed by atoms with Crippen LogP contribution in [0.4, 0.5) is 11.4 Å². The van der Waals surface area contributed by atoms with Crippen molar-refractivity contribution in [3.05, 3.63) is 78.0 Å². The molecule has 9 nitrogen and oxygen atoms in total. The molecule has 2 heterocycles. The van der Waals surface area contributed by atoms with Crippen LogP contribution < -0.4 is 19.1 Å². The molecular formula is C27H23N3O6. The van der Waals surface area contributed by atoms with Crippen molar-refractivity contribution < 1.29 is 28.5 Å². The fourth-order valence-corrected chi connectivity index (χ4v) is 4.44. The zero-order chi connectivity index (χ0) is 25.4. The van der Waals surface area contributed by atoms with E-state index in [1.165, 1.54) is 26.2 Å². The van der Waals surface area contributed by atoms with Gasteiger partial charge in [-0.15, -0.1) is 0 Å². The third kappa shape index (κ3) is 3.36. The van der Waals surface area contributed by atoms with Crippen molar-refractivity contribution in [2.45, 2.75) is 0 Å². The number of ether oxygens (including phenoxy) is 4. The van der Waals surface area contributed by atoms with E-state index in [9.17, 15) is 9.59 Å². The molecule has 0 N–H and O–H groups in total. The van der Waals surface area contributed by atoms with E-state index in [0.717, 1.165) is 0 Å². The average Bonchev–Trinajstić information content (AvgIpc) is 3.40. The summed E-state index contributed by atoms with van der Waals surface area (Å²) in [5.74, 6) is 0.559. The van der Waals surface area contributed by atoms with E-state index in [-0.39, 0.29) is 17.2 Å². The first-order valence-corrected chi connectivity index (χ1v) is 11.0. The van der Waals surface area contributed by atoms with Crippen LogP contribution in [0.5, 0.6) is 17.2 Å². The number of methoxy groups -OCH3 is 4. The number of anilines is 1. The molecule has 1 amide bonds. The Balaban J connectivity index is 1.92. The van der Waals surface area contributed by atoms with Gasteiger partial charge in [-0.1, -0.05) is 36.4 Å².